The minimum atomic E-state index is -0.276. The number of hydrogen-bond donors (Lipinski definition) is 3. The number of hydrazine groups is 1. The molecular weight excluding hydrogens is 302 g/mol. The zero-order valence-electron chi connectivity index (χ0n) is 12.7. The van der Waals surface area contributed by atoms with E-state index in [-0.39, 0.29) is 5.91 Å². The highest BCUT2D eigenvalue weighted by Gasteiger charge is 2.10. The third kappa shape index (κ3) is 2.40. The van der Waals surface area contributed by atoms with Gasteiger partial charge in [0.05, 0.1) is 16.6 Å². The normalized spacial score (nSPS) is 10.8. The van der Waals surface area contributed by atoms with Gasteiger partial charge in [-0.3, -0.25) is 15.6 Å². The molecule has 0 unspecified atom stereocenters. The first-order valence-corrected chi connectivity index (χ1v) is 7.50. The van der Waals surface area contributed by atoms with Crippen LogP contribution in [0.25, 0.3) is 16.6 Å². The number of carbonyl (C=O) groups is 1. The molecule has 2 heterocycles. The molecule has 24 heavy (non-hydrogen) atoms. The van der Waals surface area contributed by atoms with Crippen LogP contribution in [0.5, 0.6) is 0 Å². The average molecular weight is 317 g/mol. The molecule has 2 aromatic heterocycles. The number of carbonyl (C=O) groups excluding carboxylic acids is 1. The van der Waals surface area contributed by atoms with Crippen molar-refractivity contribution in [3.8, 4) is 0 Å². The molecule has 6 nitrogen and oxygen atoms in total. The predicted molar refractivity (Wildman–Crippen MR) is 94.6 cm³/mol. The molecule has 0 spiro atoms. The van der Waals surface area contributed by atoms with E-state index < -0.39 is 0 Å². The second-order valence-corrected chi connectivity index (χ2v) is 5.42. The number of aromatic nitrogens is 2. The van der Waals surface area contributed by atoms with Crippen molar-refractivity contribution >= 4 is 34.0 Å². The van der Waals surface area contributed by atoms with Gasteiger partial charge >= 0.3 is 0 Å². The van der Waals surface area contributed by atoms with Gasteiger partial charge in [0.2, 0.25) is 0 Å². The monoisotopic (exact) mass is 317 g/mol. The van der Waals surface area contributed by atoms with Crippen molar-refractivity contribution in [1.29, 1.82) is 0 Å². The van der Waals surface area contributed by atoms with Crippen molar-refractivity contribution in [2.24, 2.45) is 0 Å². The zero-order valence-corrected chi connectivity index (χ0v) is 12.7. The molecule has 0 saturated heterocycles. The van der Waals surface area contributed by atoms with Crippen LogP contribution in [0.3, 0.4) is 0 Å². The van der Waals surface area contributed by atoms with E-state index in [1.807, 2.05) is 47.0 Å². The lowest BCUT2D eigenvalue weighted by atomic mass is 10.2. The molecule has 0 bridgehead atoms. The highest BCUT2D eigenvalue weighted by atomic mass is 16.2. The van der Waals surface area contributed by atoms with Crippen LogP contribution in [-0.2, 0) is 0 Å². The fraction of sp³-hybridized carbons (Fsp3) is 0. The number of rotatable bonds is 3. The number of hydrogen-bond acceptors (Lipinski definition) is 4. The Bertz CT molecular complexity index is 1050. The molecule has 0 fully saturated rings. The van der Waals surface area contributed by atoms with E-state index in [0.29, 0.717) is 17.1 Å². The number of nitrogens with two attached hydrogens (primary N) is 1. The molecule has 4 N–H and O–H groups in total. The van der Waals surface area contributed by atoms with Crippen molar-refractivity contribution < 1.29 is 4.79 Å². The van der Waals surface area contributed by atoms with Gasteiger partial charge in [-0.15, -0.1) is 0 Å². The van der Waals surface area contributed by atoms with Gasteiger partial charge in [-0.05, 0) is 42.5 Å². The molecule has 6 heteroatoms. The maximum atomic E-state index is 12.2. The highest BCUT2D eigenvalue weighted by Crippen LogP contribution is 2.21. The number of para-hydroxylation sites is 2. The molecule has 4 rings (SSSR count). The maximum absolute atomic E-state index is 12.2. The Hall–Kier alpha value is -3.54. The molecule has 4 aromatic rings. The summed E-state index contributed by atoms with van der Waals surface area (Å²) in [6.45, 7) is 0. The van der Waals surface area contributed by atoms with Crippen molar-refractivity contribution in [1.82, 2.24) is 14.8 Å². The number of nitrogens with zero attached hydrogens (tertiary/aromatic N) is 2. The summed E-state index contributed by atoms with van der Waals surface area (Å²) in [4.78, 5) is 16.8. The summed E-state index contributed by atoms with van der Waals surface area (Å²) >= 11 is 0. The third-order valence-corrected chi connectivity index (χ3v) is 3.81. The molecule has 0 aliphatic heterocycles. The largest absolute Gasteiger partial charge is 0.399 e. The fourth-order valence-corrected chi connectivity index (χ4v) is 2.68. The van der Waals surface area contributed by atoms with Crippen molar-refractivity contribution in [2.75, 3.05) is 11.2 Å². The topological polar surface area (TPSA) is 84.5 Å². The molecule has 1 amide bonds. The van der Waals surface area contributed by atoms with Crippen molar-refractivity contribution in [3.05, 3.63) is 72.4 Å². The Labute approximate surface area is 137 Å². The SMILES string of the molecule is Nc1cccc(C(=O)NNc2nc3ccccc3n3cccc23)c1. The molecule has 0 atom stereocenters. The molecule has 0 aliphatic rings. The molecule has 0 saturated carbocycles. The Morgan fingerprint density at radius 1 is 1.00 bits per heavy atom. The predicted octanol–water partition coefficient (Wildman–Crippen LogP) is 2.83. The van der Waals surface area contributed by atoms with E-state index in [1.54, 1.807) is 24.3 Å². The van der Waals surface area contributed by atoms with Crippen molar-refractivity contribution in [2.45, 2.75) is 0 Å². The summed E-state index contributed by atoms with van der Waals surface area (Å²) in [5, 5.41) is 0. The Morgan fingerprint density at radius 2 is 1.83 bits per heavy atom. The van der Waals surface area contributed by atoms with Crippen molar-refractivity contribution in [3.63, 3.8) is 0 Å². The van der Waals surface area contributed by atoms with Crippen LogP contribution in [0.2, 0.25) is 0 Å². The van der Waals surface area contributed by atoms with Crippen LogP contribution in [0.1, 0.15) is 10.4 Å². The minimum Gasteiger partial charge on any atom is -0.399 e. The maximum Gasteiger partial charge on any atom is 0.269 e. The lowest BCUT2D eigenvalue weighted by Gasteiger charge is -2.11. The summed E-state index contributed by atoms with van der Waals surface area (Å²) in [6, 6.07) is 18.5. The van der Waals surface area contributed by atoms with Gasteiger partial charge in [0, 0.05) is 17.4 Å². The summed E-state index contributed by atoms with van der Waals surface area (Å²) in [6.07, 6.45) is 1.96. The van der Waals surface area contributed by atoms with E-state index >= 15 is 0 Å². The van der Waals surface area contributed by atoms with E-state index in [0.717, 1.165) is 16.6 Å². The Kier molecular flexibility index (Phi) is 3.28. The van der Waals surface area contributed by atoms with E-state index in [2.05, 4.69) is 15.8 Å². The number of nitrogen functional groups attached to an aromatic ring is 1. The Balaban J connectivity index is 1.66. The number of benzene rings is 2. The quantitative estimate of drug-likeness (QED) is 0.401. The first-order chi connectivity index (χ1) is 11.7. The van der Waals surface area contributed by atoms with E-state index in [9.17, 15) is 4.79 Å². The first kappa shape index (κ1) is 14.1. The zero-order chi connectivity index (χ0) is 16.5. The van der Waals surface area contributed by atoms with Gasteiger partial charge in [-0.1, -0.05) is 18.2 Å². The van der Waals surface area contributed by atoms with Gasteiger partial charge in [0.15, 0.2) is 5.82 Å². The minimum absolute atomic E-state index is 0.276. The van der Waals surface area contributed by atoms with Gasteiger partial charge < -0.3 is 10.1 Å². The number of amides is 1. The smallest absolute Gasteiger partial charge is 0.269 e. The standard InChI is InChI=1S/C18H15N5O/c19-13-6-3-5-12(11-13)18(24)22-21-17-16-9-4-10-23(16)15-8-2-1-7-14(15)20-17/h1-11H,19H2,(H,20,21)(H,22,24). The van der Waals surface area contributed by atoms with Gasteiger partial charge in [0.1, 0.15) is 0 Å². The summed E-state index contributed by atoms with van der Waals surface area (Å²) in [7, 11) is 0. The lowest BCUT2D eigenvalue weighted by molar-refractivity contribution is 0.0962. The van der Waals surface area contributed by atoms with Gasteiger partial charge in [-0.25, -0.2) is 4.98 Å². The molecule has 0 aliphatic carbocycles. The Morgan fingerprint density at radius 3 is 2.71 bits per heavy atom. The number of fused-ring (bicyclic) bond motifs is 3. The molecule has 2 aromatic carbocycles. The van der Waals surface area contributed by atoms with E-state index in [4.69, 9.17) is 5.73 Å². The third-order valence-electron chi connectivity index (χ3n) is 3.81. The highest BCUT2D eigenvalue weighted by molar-refractivity contribution is 5.96. The van der Waals surface area contributed by atoms with Crippen LogP contribution in [-0.4, -0.2) is 15.3 Å². The molecule has 0 radical (unpaired) electrons. The molecule has 118 valence electrons. The average Bonchev–Trinajstić information content (AvgIpc) is 3.09. The summed E-state index contributed by atoms with van der Waals surface area (Å²) < 4.78 is 2.03. The van der Waals surface area contributed by atoms with Crippen LogP contribution in [0.15, 0.2) is 66.9 Å². The van der Waals surface area contributed by atoms with E-state index in [1.165, 1.54) is 0 Å². The van der Waals surface area contributed by atoms with Crippen LogP contribution < -0.4 is 16.6 Å². The number of nitrogens with one attached hydrogen (secondary N) is 2. The summed E-state index contributed by atoms with van der Waals surface area (Å²) in [5.41, 5.74) is 15.0. The van der Waals surface area contributed by atoms with Crippen LogP contribution in [0.4, 0.5) is 11.5 Å². The summed E-state index contributed by atoms with van der Waals surface area (Å²) in [5.74, 6) is 0.304. The van der Waals surface area contributed by atoms with Gasteiger partial charge in [-0.2, -0.15) is 0 Å². The van der Waals surface area contributed by atoms with Gasteiger partial charge in [0.25, 0.3) is 5.91 Å². The lowest BCUT2D eigenvalue weighted by Crippen LogP contribution is -2.30. The second kappa shape index (κ2) is 5.58. The molecular formula is C18H15N5O. The second-order valence-electron chi connectivity index (χ2n) is 5.42. The van der Waals surface area contributed by atoms with Crippen LogP contribution >= 0.6 is 0 Å². The fourth-order valence-electron chi connectivity index (χ4n) is 2.68. The van der Waals surface area contributed by atoms with Crippen LogP contribution in [0, 0.1) is 0 Å². The number of anilines is 2. The first-order valence-electron chi connectivity index (χ1n) is 7.50.